The number of aryl methyl sites for hydroxylation is 3. The number of halogens is 1. The monoisotopic (exact) mass is 422 g/mol. The molecule has 152 valence electrons. The third kappa shape index (κ3) is 4.86. The second-order valence-corrected chi connectivity index (χ2v) is 9.11. The summed E-state index contributed by atoms with van der Waals surface area (Å²) < 4.78 is 26.2. The highest BCUT2D eigenvalue weighted by atomic mass is 35.5. The predicted molar refractivity (Wildman–Crippen MR) is 117 cm³/mol. The number of sulfonamides is 1. The highest BCUT2D eigenvalue weighted by molar-refractivity contribution is 7.92. The van der Waals surface area contributed by atoms with Crippen molar-refractivity contribution in [3.8, 4) is 0 Å². The number of carbonyl (C=O) groups excluding carboxylic acids is 1. The van der Waals surface area contributed by atoms with Gasteiger partial charge in [0, 0.05) is 10.7 Å². The van der Waals surface area contributed by atoms with Crippen molar-refractivity contribution >= 4 is 38.9 Å². The Hall–Kier alpha value is -2.05. The van der Waals surface area contributed by atoms with Crippen LogP contribution >= 0.6 is 11.6 Å². The Kier molecular flexibility index (Phi) is 7.12. The lowest BCUT2D eigenvalue weighted by atomic mass is 10.0. The first-order valence-corrected chi connectivity index (χ1v) is 11.5. The smallest absolute Gasteiger partial charge is 0.248 e. The molecule has 0 bridgehead atoms. The standard InChI is InChI=1S/C21H27ClN2O3S/c1-6-16-9-8-10-17(7-2)20(16)23-21(25)15(4)24(28(5,26)27)19-13-18(22)12-11-14(19)3/h8-13,15H,6-7H2,1-5H3,(H,23,25)/t15-/m0/s1. The number of rotatable bonds is 7. The van der Waals surface area contributed by atoms with E-state index in [1.807, 2.05) is 32.0 Å². The molecule has 0 heterocycles. The van der Waals surface area contributed by atoms with Crippen molar-refractivity contribution in [2.75, 3.05) is 15.9 Å². The Labute approximate surface area is 172 Å². The van der Waals surface area contributed by atoms with E-state index >= 15 is 0 Å². The zero-order valence-electron chi connectivity index (χ0n) is 16.9. The van der Waals surface area contributed by atoms with Gasteiger partial charge in [-0.15, -0.1) is 0 Å². The van der Waals surface area contributed by atoms with Crippen LogP contribution in [-0.2, 0) is 27.7 Å². The number of amides is 1. The van der Waals surface area contributed by atoms with Gasteiger partial charge in [0.1, 0.15) is 6.04 Å². The van der Waals surface area contributed by atoms with Gasteiger partial charge in [-0.3, -0.25) is 9.10 Å². The lowest BCUT2D eigenvalue weighted by Gasteiger charge is -2.30. The maximum Gasteiger partial charge on any atom is 0.248 e. The molecule has 0 aliphatic heterocycles. The maximum atomic E-state index is 13.1. The van der Waals surface area contributed by atoms with E-state index in [1.165, 1.54) is 0 Å². The van der Waals surface area contributed by atoms with Gasteiger partial charge in [0.2, 0.25) is 15.9 Å². The van der Waals surface area contributed by atoms with Crippen molar-refractivity contribution in [2.45, 2.75) is 46.6 Å². The van der Waals surface area contributed by atoms with Gasteiger partial charge in [0.15, 0.2) is 0 Å². The fourth-order valence-corrected chi connectivity index (χ4v) is 4.62. The Morgan fingerprint density at radius 1 is 1.14 bits per heavy atom. The van der Waals surface area contributed by atoms with Gasteiger partial charge in [-0.2, -0.15) is 0 Å². The predicted octanol–water partition coefficient (Wildman–Crippen LogP) is 4.57. The summed E-state index contributed by atoms with van der Waals surface area (Å²) in [6.45, 7) is 7.41. The van der Waals surface area contributed by atoms with Crippen molar-refractivity contribution in [3.05, 3.63) is 58.1 Å². The quantitative estimate of drug-likeness (QED) is 0.710. The Bertz CT molecular complexity index is 951. The van der Waals surface area contributed by atoms with E-state index in [0.717, 1.165) is 45.8 Å². The highest BCUT2D eigenvalue weighted by Gasteiger charge is 2.31. The molecule has 1 amide bonds. The molecule has 0 spiro atoms. The van der Waals surface area contributed by atoms with Crippen molar-refractivity contribution in [1.29, 1.82) is 0 Å². The van der Waals surface area contributed by atoms with Crippen LogP contribution in [0.1, 0.15) is 37.5 Å². The number of nitrogens with one attached hydrogen (secondary N) is 1. The van der Waals surface area contributed by atoms with Gasteiger partial charge in [0.25, 0.3) is 0 Å². The second kappa shape index (κ2) is 8.97. The summed E-state index contributed by atoms with van der Waals surface area (Å²) in [7, 11) is -3.71. The molecule has 0 radical (unpaired) electrons. The molecule has 7 heteroatoms. The average molecular weight is 423 g/mol. The van der Waals surface area contributed by atoms with Crippen LogP contribution in [0.15, 0.2) is 36.4 Å². The minimum atomic E-state index is -3.71. The number of hydrogen-bond acceptors (Lipinski definition) is 3. The van der Waals surface area contributed by atoms with E-state index in [1.54, 1.807) is 32.0 Å². The minimum Gasteiger partial charge on any atom is -0.324 e. The summed E-state index contributed by atoms with van der Waals surface area (Å²) in [5, 5.41) is 3.37. The van der Waals surface area contributed by atoms with Crippen LogP contribution in [0.25, 0.3) is 0 Å². The largest absolute Gasteiger partial charge is 0.324 e. The third-order valence-electron chi connectivity index (χ3n) is 4.74. The fraction of sp³-hybridized carbons (Fsp3) is 0.381. The molecule has 0 aliphatic rings. The number of carbonyl (C=O) groups is 1. The number of benzene rings is 2. The van der Waals surface area contributed by atoms with Crippen LogP contribution < -0.4 is 9.62 Å². The van der Waals surface area contributed by atoms with E-state index in [9.17, 15) is 13.2 Å². The van der Waals surface area contributed by atoms with Gasteiger partial charge in [0.05, 0.1) is 11.9 Å². The molecule has 0 aliphatic carbocycles. The van der Waals surface area contributed by atoms with E-state index in [4.69, 9.17) is 11.6 Å². The summed E-state index contributed by atoms with van der Waals surface area (Å²) in [6.07, 6.45) is 2.62. The van der Waals surface area contributed by atoms with E-state index < -0.39 is 16.1 Å². The van der Waals surface area contributed by atoms with Crippen LogP contribution in [0.4, 0.5) is 11.4 Å². The van der Waals surface area contributed by atoms with Crippen molar-refractivity contribution in [2.24, 2.45) is 0 Å². The molecule has 2 aromatic carbocycles. The Morgan fingerprint density at radius 2 is 1.71 bits per heavy atom. The highest BCUT2D eigenvalue weighted by Crippen LogP contribution is 2.29. The van der Waals surface area contributed by atoms with Gasteiger partial charge in [-0.25, -0.2) is 8.42 Å². The second-order valence-electron chi connectivity index (χ2n) is 6.81. The number of para-hydroxylation sites is 1. The van der Waals surface area contributed by atoms with Gasteiger partial charge >= 0.3 is 0 Å². The first-order valence-electron chi connectivity index (χ1n) is 9.27. The first kappa shape index (κ1) is 22.2. The molecular formula is C21H27ClN2O3S. The molecule has 1 atom stereocenters. The molecule has 0 aromatic heterocycles. The zero-order chi connectivity index (χ0) is 21.1. The SMILES string of the molecule is CCc1cccc(CC)c1NC(=O)[C@H](C)N(c1cc(Cl)ccc1C)S(C)(=O)=O. The Morgan fingerprint density at radius 3 is 2.21 bits per heavy atom. The van der Waals surface area contributed by atoms with Gasteiger partial charge in [-0.05, 0) is 55.5 Å². The third-order valence-corrected chi connectivity index (χ3v) is 6.21. The summed E-state index contributed by atoms with van der Waals surface area (Å²) in [4.78, 5) is 13.1. The average Bonchev–Trinajstić information content (AvgIpc) is 2.63. The van der Waals surface area contributed by atoms with E-state index in [-0.39, 0.29) is 5.91 Å². The molecule has 28 heavy (non-hydrogen) atoms. The molecule has 0 fully saturated rings. The van der Waals surface area contributed by atoms with Crippen molar-refractivity contribution < 1.29 is 13.2 Å². The first-order chi connectivity index (χ1) is 13.1. The van der Waals surface area contributed by atoms with Crippen LogP contribution in [0.2, 0.25) is 5.02 Å². The molecular weight excluding hydrogens is 396 g/mol. The molecule has 1 N–H and O–H groups in total. The number of hydrogen-bond donors (Lipinski definition) is 1. The maximum absolute atomic E-state index is 13.1. The molecule has 2 aromatic rings. The normalized spacial score (nSPS) is 12.5. The number of nitrogens with zero attached hydrogens (tertiary/aromatic N) is 1. The van der Waals surface area contributed by atoms with Gasteiger partial charge in [-0.1, -0.05) is 49.7 Å². The molecule has 0 saturated carbocycles. The lowest BCUT2D eigenvalue weighted by molar-refractivity contribution is -0.116. The molecule has 0 unspecified atom stereocenters. The van der Waals surface area contributed by atoms with Crippen LogP contribution in [0.3, 0.4) is 0 Å². The van der Waals surface area contributed by atoms with Crippen LogP contribution in [0, 0.1) is 6.92 Å². The van der Waals surface area contributed by atoms with E-state index in [2.05, 4.69) is 5.32 Å². The lowest BCUT2D eigenvalue weighted by Crippen LogP contribution is -2.45. The zero-order valence-corrected chi connectivity index (χ0v) is 18.5. The summed E-state index contributed by atoms with van der Waals surface area (Å²) in [5.41, 5.74) is 3.92. The molecule has 5 nitrogen and oxygen atoms in total. The van der Waals surface area contributed by atoms with Crippen LogP contribution in [0.5, 0.6) is 0 Å². The van der Waals surface area contributed by atoms with Crippen molar-refractivity contribution in [3.63, 3.8) is 0 Å². The topological polar surface area (TPSA) is 66.5 Å². The Balaban J connectivity index is 2.45. The summed E-state index contributed by atoms with van der Waals surface area (Å²) >= 11 is 6.08. The van der Waals surface area contributed by atoms with Gasteiger partial charge < -0.3 is 5.32 Å². The van der Waals surface area contributed by atoms with E-state index in [0.29, 0.717) is 10.7 Å². The number of anilines is 2. The molecule has 2 rings (SSSR count). The molecule has 0 saturated heterocycles. The summed E-state index contributed by atoms with van der Waals surface area (Å²) in [5.74, 6) is -0.389. The van der Waals surface area contributed by atoms with Crippen LogP contribution in [-0.4, -0.2) is 26.6 Å². The van der Waals surface area contributed by atoms with Crippen molar-refractivity contribution in [1.82, 2.24) is 0 Å². The fourth-order valence-electron chi connectivity index (χ4n) is 3.23. The summed E-state index contributed by atoms with van der Waals surface area (Å²) in [6, 6.07) is 9.96. The minimum absolute atomic E-state index is 0.389.